The van der Waals surface area contributed by atoms with E-state index < -0.39 is 11.4 Å². The third kappa shape index (κ3) is 5.10. The number of esters is 1. The van der Waals surface area contributed by atoms with Crippen LogP contribution in [0.1, 0.15) is 117 Å². The number of hydrogen-bond donors (Lipinski definition) is 2. The van der Waals surface area contributed by atoms with Crippen molar-refractivity contribution in [1.29, 1.82) is 0 Å². The summed E-state index contributed by atoms with van der Waals surface area (Å²) in [7, 11) is 0. The van der Waals surface area contributed by atoms with Crippen LogP contribution in [0.4, 0.5) is 5.95 Å². The highest BCUT2D eigenvalue weighted by Gasteiger charge is 2.69. The zero-order valence-corrected chi connectivity index (χ0v) is 30.8. The molecule has 1 aromatic heterocycles. The van der Waals surface area contributed by atoms with Gasteiger partial charge in [0.15, 0.2) is 0 Å². The molecule has 0 spiro atoms. The van der Waals surface area contributed by atoms with Crippen molar-refractivity contribution in [3.8, 4) is 0 Å². The number of carboxylic acids is 1. The van der Waals surface area contributed by atoms with Crippen LogP contribution in [0.25, 0.3) is 0 Å². The van der Waals surface area contributed by atoms with Crippen LogP contribution in [0.2, 0.25) is 0 Å². The van der Waals surface area contributed by atoms with Gasteiger partial charge < -0.3 is 15.2 Å². The van der Waals surface area contributed by atoms with Crippen LogP contribution in [0.5, 0.6) is 0 Å². The molecule has 0 bridgehead atoms. The molecular formula is C42H57N3O4. The number of carboxylic acid groups (broad SMARTS) is 1. The summed E-state index contributed by atoms with van der Waals surface area (Å²) in [6, 6.07) is 10.1. The predicted molar refractivity (Wildman–Crippen MR) is 192 cm³/mol. The van der Waals surface area contributed by atoms with E-state index in [0.29, 0.717) is 42.8 Å². The number of carbonyl (C=O) groups excluding carboxylic acids is 1. The summed E-state index contributed by atoms with van der Waals surface area (Å²) in [4.78, 5) is 35.2. The molecule has 3 saturated carbocycles. The van der Waals surface area contributed by atoms with Crippen molar-refractivity contribution in [3.63, 3.8) is 0 Å². The van der Waals surface area contributed by atoms with Crippen molar-refractivity contribution < 1.29 is 19.4 Å². The van der Waals surface area contributed by atoms with Gasteiger partial charge in [0.05, 0.1) is 17.5 Å². The Hall–Kier alpha value is -3.22. The molecule has 0 radical (unpaired) electrons. The zero-order valence-electron chi connectivity index (χ0n) is 30.8. The van der Waals surface area contributed by atoms with E-state index in [9.17, 15) is 9.59 Å². The minimum absolute atomic E-state index is 0.0158. The van der Waals surface area contributed by atoms with E-state index in [1.807, 2.05) is 36.5 Å². The Morgan fingerprint density at radius 1 is 0.980 bits per heavy atom. The summed E-state index contributed by atoms with van der Waals surface area (Å²) in [6.07, 6.45) is 12.9. The van der Waals surface area contributed by atoms with Crippen molar-refractivity contribution in [3.05, 3.63) is 65.0 Å². The number of carbonyl (C=O) groups is 2. The van der Waals surface area contributed by atoms with Crippen molar-refractivity contribution in [2.24, 2.45) is 51.2 Å². The Morgan fingerprint density at radius 2 is 1.73 bits per heavy atom. The summed E-state index contributed by atoms with van der Waals surface area (Å²) in [5.74, 6) is 1.90. The Kier molecular flexibility index (Phi) is 8.34. The van der Waals surface area contributed by atoms with Gasteiger partial charge >= 0.3 is 11.9 Å². The number of hydrogen-bond acceptors (Lipinski definition) is 6. The third-order valence-corrected chi connectivity index (χ3v) is 15.4. The number of anilines is 1. The molecule has 1 aromatic carbocycles. The first kappa shape index (κ1) is 34.2. The fourth-order valence-corrected chi connectivity index (χ4v) is 12.5. The van der Waals surface area contributed by atoms with E-state index in [1.54, 1.807) is 5.57 Å². The van der Waals surface area contributed by atoms with Gasteiger partial charge in [0.25, 0.3) is 0 Å². The Bertz CT molecular complexity index is 1650. The van der Waals surface area contributed by atoms with E-state index in [-0.39, 0.29) is 40.0 Å². The molecule has 7 nitrogen and oxygen atoms in total. The molecular weight excluding hydrogens is 610 g/mol. The second kappa shape index (κ2) is 11.9. The molecule has 0 unspecified atom stereocenters. The van der Waals surface area contributed by atoms with Gasteiger partial charge in [-0.25, -0.2) is 9.97 Å². The quantitative estimate of drug-likeness (QED) is 0.225. The largest absolute Gasteiger partial charge is 0.481 e. The van der Waals surface area contributed by atoms with Gasteiger partial charge in [-0.2, -0.15) is 0 Å². The van der Waals surface area contributed by atoms with Gasteiger partial charge in [-0.3, -0.25) is 9.59 Å². The van der Waals surface area contributed by atoms with E-state index in [2.05, 4.69) is 64.8 Å². The summed E-state index contributed by atoms with van der Waals surface area (Å²) in [5, 5.41) is 12.3. The maximum Gasteiger partial charge on any atom is 0.313 e. The molecule has 49 heavy (non-hydrogen) atoms. The van der Waals surface area contributed by atoms with Crippen molar-refractivity contribution >= 4 is 17.9 Å². The molecule has 0 saturated heterocycles. The highest BCUT2D eigenvalue weighted by atomic mass is 16.5. The van der Waals surface area contributed by atoms with Crippen LogP contribution >= 0.6 is 0 Å². The van der Waals surface area contributed by atoms with Gasteiger partial charge in [-0.15, -0.1) is 0 Å². The molecule has 2 aromatic rings. The molecule has 7 heteroatoms. The standard InChI is InChI=1S/C42H57N3O4/c1-26-15-19-42(36(48)49-25-28-11-9-8-10-12-28)21-20-40(6)30(34(42)27(26)2)13-14-32-39(5)23-29-24-44-37(43-22-17-33(46)47)45-35(29)38(3,4)31(39)16-18-41(32,40)7/h8-13,24,26-27,31-32,34H,14-23,25H2,1-7H3,(H,46,47)(H,43,44,45)/t26-,27+,31+,32-,34+,39+,40-,41-,42+/m1/s1. The lowest BCUT2D eigenvalue weighted by Crippen LogP contribution is -2.65. The number of allylic oxidation sites excluding steroid dienone is 2. The van der Waals surface area contributed by atoms with Crippen LogP contribution in [0, 0.1) is 51.2 Å². The fourth-order valence-electron chi connectivity index (χ4n) is 12.5. The van der Waals surface area contributed by atoms with Gasteiger partial charge in [0.2, 0.25) is 5.95 Å². The smallest absolute Gasteiger partial charge is 0.313 e. The van der Waals surface area contributed by atoms with E-state index >= 15 is 0 Å². The lowest BCUT2D eigenvalue weighted by Gasteiger charge is -2.70. The number of aliphatic carboxylic acids is 1. The SMILES string of the molecule is C[C@H]1[C@H](C)CC[C@]2(C(=O)OCc3ccccc3)CC[C@]3(C)C(=CC[C@@H]4[C@@]5(C)Cc6cnc(NCCC(=O)O)nc6C(C)(C)[C@@H]5CC[C@]43C)[C@H]12. The third-order valence-electron chi connectivity index (χ3n) is 15.4. The molecule has 5 aliphatic rings. The summed E-state index contributed by atoms with van der Waals surface area (Å²) < 4.78 is 6.23. The first-order valence-corrected chi connectivity index (χ1v) is 18.9. The number of benzene rings is 1. The summed E-state index contributed by atoms with van der Waals surface area (Å²) >= 11 is 0. The van der Waals surface area contributed by atoms with Gasteiger partial charge in [-0.05, 0) is 108 Å². The number of nitrogens with zero attached hydrogens (tertiary/aromatic N) is 2. The molecule has 0 aliphatic heterocycles. The number of nitrogens with one attached hydrogen (secondary N) is 1. The minimum atomic E-state index is -0.829. The number of aromatic nitrogens is 2. The molecule has 3 fully saturated rings. The van der Waals surface area contributed by atoms with Crippen LogP contribution < -0.4 is 5.32 Å². The molecule has 7 rings (SSSR count). The molecule has 2 N–H and O–H groups in total. The topological polar surface area (TPSA) is 101 Å². The monoisotopic (exact) mass is 667 g/mol. The zero-order chi connectivity index (χ0) is 35.0. The molecule has 5 aliphatic carbocycles. The average Bonchev–Trinajstić information content (AvgIpc) is 3.06. The van der Waals surface area contributed by atoms with Crippen molar-refractivity contribution in [1.82, 2.24) is 9.97 Å². The summed E-state index contributed by atoms with van der Waals surface area (Å²) in [5.41, 5.74) is 4.57. The van der Waals surface area contributed by atoms with Crippen molar-refractivity contribution in [2.45, 2.75) is 118 Å². The Labute approximate surface area is 293 Å². The van der Waals surface area contributed by atoms with Gasteiger partial charge in [0, 0.05) is 18.2 Å². The maximum absolute atomic E-state index is 14.4. The van der Waals surface area contributed by atoms with Gasteiger partial charge in [-0.1, -0.05) is 90.4 Å². The molecule has 9 atom stereocenters. The number of rotatable bonds is 7. The Morgan fingerprint density at radius 3 is 2.47 bits per heavy atom. The van der Waals surface area contributed by atoms with Crippen LogP contribution in [-0.4, -0.2) is 33.6 Å². The highest BCUT2D eigenvalue weighted by Crippen LogP contribution is 2.75. The van der Waals surface area contributed by atoms with Gasteiger partial charge in [0.1, 0.15) is 6.61 Å². The fraction of sp³-hybridized carbons (Fsp3) is 0.667. The minimum Gasteiger partial charge on any atom is -0.481 e. The molecule has 264 valence electrons. The number of ether oxygens (including phenoxy) is 1. The molecule has 1 heterocycles. The lowest BCUT2D eigenvalue weighted by atomic mass is 9.33. The van der Waals surface area contributed by atoms with E-state index in [4.69, 9.17) is 14.8 Å². The van der Waals surface area contributed by atoms with Crippen LogP contribution in [-0.2, 0) is 32.8 Å². The van der Waals surface area contributed by atoms with Crippen molar-refractivity contribution in [2.75, 3.05) is 11.9 Å². The van der Waals surface area contributed by atoms with Crippen LogP contribution in [0.3, 0.4) is 0 Å². The average molecular weight is 668 g/mol. The molecule has 0 amide bonds. The second-order valence-electron chi connectivity index (χ2n) is 17.9. The lowest BCUT2D eigenvalue weighted by molar-refractivity contribution is -0.184. The maximum atomic E-state index is 14.4. The first-order chi connectivity index (χ1) is 23.2. The summed E-state index contributed by atoms with van der Waals surface area (Å²) in [6.45, 7) is 18.0. The second-order valence-corrected chi connectivity index (χ2v) is 17.9. The predicted octanol–water partition coefficient (Wildman–Crippen LogP) is 8.78. The normalized spacial score (nSPS) is 38.8. The Balaban J connectivity index is 1.22. The first-order valence-electron chi connectivity index (χ1n) is 18.9. The van der Waals surface area contributed by atoms with Crippen LogP contribution in [0.15, 0.2) is 48.2 Å². The van der Waals surface area contributed by atoms with E-state index in [0.717, 1.165) is 56.2 Å². The van der Waals surface area contributed by atoms with E-state index in [1.165, 1.54) is 12.0 Å². The highest BCUT2D eigenvalue weighted by molar-refractivity contribution is 5.79. The number of fused-ring (bicyclic) bond motifs is 8.